The first-order valence-corrected chi connectivity index (χ1v) is 6.62. The molecule has 1 aromatic carbocycles. The summed E-state index contributed by atoms with van der Waals surface area (Å²) in [6.45, 7) is 0. The van der Waals surface area contributed by atoms with Gasteiger partial charge in [0.15, 0.2) is 0 Å². The molecule has 132 valence electrons. The zero-order valence-corrected chi connectivity index (χ0v) is 13.5. The fourth-order valence-electron chi connectivity index (χ4n) is 1.67. The monoisotopic (exact) mass is 346 g/mol. The van der Waals surface area contributed by atoms with E-state index in [1.165, 1.54) is 38.2 Å². The molecule has 1 aromatic rings. The minimum Gasteiger partial charge on any atom is -0.451 e. The molecule has 1 rings (SSSR count). The van der Waals surface area contributed by atoms with Crippen LogP contribution in [0.1, 0.15) is 5.56 Å². The summed E-state index contributed by atoms with van der Waals surface area (Å²) in [6.07, 6.45) is -5.44. The predicted octanol–water partition coefficient (Wildman–Crippen LogP) is 2.85. The molecule has 3 amide bonds. The van der Waals surface area contributed by atoms with Crippen LogP contribution in [0, 0.1) is 0 Å². The average Bonchev–Trinajstić information content (AvgIpc) is 2.50. The van der Waals surface area contributed by atoms with Gasteiger partial charge in [0.25, 0.3) is 0 Å². The number of methoxy groups -OCH3 is 1. The molecular formula is C14H17F3N4O3. The maximum absolute atomic E-state index is 12.7. The first kappa shape index (κ1) is 19.3. The number of aliphatic imine (C=N–C) groups is 1. The largest absolute Gasteiger partial charge is 0.451 e. The Kier molecular flexibility index (Phi) is 6.15. The number of anilines is 1. The van der Waals surface area contributed by atoms with Crippen LogP contribution in [-0.2, 0) is 10.9 Å². The number of amides is 3. The molecular weight excluding hydrogens is 329 g/mol. The van der Waals surface area contributed by atoms with Gasteiger partial charge in [0.1, 0.15) is 0 Å². The minimum atomic E-state index is -4.52. The fourth-order valence-corrected chi connectivity index (χ4v) is 1.67. The van der Waals surface area contributed by atoms with Crippen LogP contribution in [0.5, 0.6) is 0 Å². The highest BCUT2D eigenvalue weighted by Crippen LogP contribution is 2.30. The molecule has 0 saturated carbocycles. The Labute approximate surface area is 136 Å². The van der Waals surface area contributed by atoms with Gasteiger partial charge in [-0.25, -0.2) is 9.59 Å². The number of urea groups is 1. The Morgan fingerprint density at radius 3 is 2.33 bits per heavy atom. The average molecular weight is 346 g/mol. The molecule has 0 spiro atoms. The van der Waals surface area contributed by atoms with Crippen LogP contribution in [0.15, 0.2) is 29.3 Å². The molecule has 0 aromatic heterocycles. The van der Waals surface area contributed by atoms with Crippen molar-refractivity contribution in [3.63, 3.8) is 0 Å². The Morgan fingerprint density at radius 1 is 1.21 bits per heavy atom. The SMILES string of the molecule is COC(=O)N=C(N(C)C)N(C)C(=O)Nc1cccc(C(F)(F)F)c1. The van der Waals surface area contributed by atoms with Gasteiger partial charge in [-0.2, -0.15) is 13.2 Å². The van der Waals surface area contributed by atoms with Gasteiger partial charge < -0.3 is 15.0 Å². The third-order valence-corrected chi connectivity index (χ3v) is 2.81. The van der Waals surface area contributed by atoms with E-state index in [9.17, 15) is 22.8 Å². The lowest BCUT2D eigenvalue weighted by Crippen LogP contribution is -2.44. The molecule has 7 nitrogen and oxygen atoms in total. The van der Waals surface area contributed by atoms with Crippen LogP contribution >= 0.6 is 0 Å². The standard InChI is InChI=1S/C14H17F3N4O3/c1-20(2)11(19-13(23)24-4)21(3)12(22)18-10-7-5-6-9(8-10)14(15,16)17/h5-8H,1-4H3,(H,18,22). The van der Waals surface area contributed by atoms with E-state index in [1.54, 1.807) is 0 Å². The van der Waals surface area contributed by atoms with Crippen molar-refractivity contribution >= 4 is 23.8 Å². The van der Waals surface area contributed by atoms with Crippen LogP contribution in [0.2, 0.25) is 0 Å². The van der Waals surface area contributed by atoms with Gasteiger partial charge in [0.05, 0.1) is 12.7 Å². The van der Waals surface area contributed by atoms with E-state index in [1.807, 2.05) is 0 Å². The van der Waals surface area contributed by atoms with Crippen LogP contribution < -0.4 is 5.32 Å². The number of hydrogen-bond donors (Lipinski definition) is 1. The van der Waals surface area contributed by atoms with Crippen molar-refractivity contribution in [2.24, 2.45) is 4.99 Å². The summed E-state index contributed by atoms with van der Waals surface area (Å²) >= 11 is 0. The third-order valence-electron chi connectivity index (χ3n) is 2.81. The molecule has 0 heterocycles. The Morgan fingerprint density at radius 2 is 1.83 bits per heavy atom. The van der Waals surface area contributed by atoms with Gasteiger partial charge in [-0.15, -0.1) is 4.99 Å². The second-order valence-corrected chi connectivity index (χ2v) is 4.84. The van der Waals surface area contributed by atoms with Crippen molar-refractivity contribution in [2.75, 3.05) is 33.6 Å². The minimum absolute atomic E-state index is 0.0437. The lowest BCUT2D eigenvalue weighted by Gasteiger charge is -2.24. The number of guanidine groups is 1. The van der Waals surface area contributed by atoms with Gasteiger partial charge in [-0.3, -0.25) is 4.90 Å². The number of carbonyl (C=O) groups excluding carboxylic acids is 2. The Balaban J connectivity index is 2.97. The zero-order chi connectivity index (χ0) is 18.5. The number of rotatable bonds is 1. The van der Waals surface area contributed by atoms with Crippen molar-refractivity contribution in [3.05, 3.63) is 29.8 Å². The lowest BCUT2D eigenvalue weighted by molar-refractivity contribution is -0.137. The van der Waals surface area contributed by atoms with Crippen molar-refractivity contribution in [1.82, 2.24) is 9.80 Å². The van der Waals surface area contributed by atoms with Crippen LogP contribution in [0.3, 0.4) is 0 Å². The first-order chi connectivity index (χ1) is 11.1. The zero-order valence-electron chi connectivity index (χ0n) is 13.5. The third kappa shape index (κ3) is 5.14. The van der Waals surface area contributed by atoms with Gasteiger partial charge in [-0.05, 0) is 18.2 Å². The van der Waals surface area contributed by atoms with E-state index >= 15 is 0 Å². The molecule has 24 heavy (non-hydrogen) atoms. The highest BCUT2D eigenvalue weighted by molar-refractivity contribution is 6.04. The number of benzene rings is 1. The van der Waals surface area contributed by atoms with Crippen molar-refractivity contribution < 1.29 is 27.5 Å². The van der Waals surface area contributed by atoms with Gasteiger partial charge >= 0.3 is 18.3 Å². The van der Waals surface area contributed by atoms with Crippen molar-refractivity contribution in [1.29, 1.82) is 0 Å². The quantitative estimate of drug-likeness (QED) is 0.627. The molecule has 0 radical (unpaired) electrons. The van der Waals surface area contributed by atoms with Crippen molar-refractivity contribution in [2.45, 2.75) is 6.18 Å². The predicted molar refractivity (Wildman–Crippen MR) is 81.8 cm³/mol. The second kappa shape index (κ2) is 7.66. The van der Waals surface area contributed by atoms with Gasteiger partial charge in [-0.1, -0.05) is 6.07 Å². The molecule has 0 saturated heterocycles. The molecule has 0 aliphatic heterocycles. The first-order valence-electron chi connectivity index (χ1n) is 6.62. The summed E-state index contributed by atoms with van der Waals surface area (Å²) in [7, 11) is 5.51. The fraction of sp³-hybridized carbons (Fsp3) is 0.357. The van der Waals surface area contributed by atoms with Crippen LogP contribution in [0.4, 0.5) is 28.4 Å². The number of ether oxygens (including phenoxy) is 1. The van der Waals surface area contributed by atoms with E-state index in [0.717, 1.165) is 24.1 Å². The van der Waals surface area contributed by atoms with E-state index < -0.39 is 23.9 Å². The van der Waals surface area contributed by atoms with Crippen molar-refractivity contribution in [3.8, 4) is 0 Å². The van der Waals surface area contributed by atoms with Crippen LogP contribution in [0.25, 0.3) is 0 Å². The summed E-state index contributed by atoms with van der Waals surface area (Å²) in [5.41, 5.74) is -0.933. The molecule has 10 heteroatoms. The summed E-state index contributed by atoms with van der Waals surface area (Å²) < 4.78 is 42.4. The maximum Gasteiger partial charge on any atom is 0.436 e. The molecule has 0 atom stereocenters. The van der Waals surface area contributed by atoms with Gasteiger partial charge in [0, 0.05) is 26.8 Å². The lowest BCUT2D eigenvalue weighted by atomic mass is 10.2. The molecule has 0 aliphatic rings. The smallest absolute Gasteiger partial charge is 0.436 e. The number of carbonyl (C=O) groups is 2. The summed E-state index contributed by atoms with van der Waals surface area (Å²) in [4.78, 5) is 29.3. The van der Waals surface area contributed by atoms with E-state index in [2.05, 4.69) is 15.0 Å². The Bertz CT molecular complexity index is 644. The number of alkyl halides is 3. The molecule has 0 fully saturated rings. The molecule has 0 unspecified atom stereocenters. The maximum atomic E-state index is 12.7. The number of halogens is 3. The number of nitrogens with one attached hydrogen (secondary N) is 1. The Hall–Kier alpha value is -2.78. The van der Waals surface area contributed by atoms with E-state index in [0.29, 0.717) is 0 Å². The second-order valence-electron chi connectivity index (χ2n) is 4.84. The highest BCUT2D eigenvalue weighted by Gasteiger charge is 2.30. The van der Waals surface area contributed by atoms with E-state index in [-0.39, 0.29) is 11.6 Å². The normalized spacial score (nSPS) is 11.7. The number of hydrogen-bond acceptors (Lipinski definition) is 3. The molecule has 0 bridgehead atoms. The highest BCUT2D eigenvalue weighted by atomic mass is 19.4. The summed E-state index contributed by atoms with van der Waals surface area (Å²) in [6, 6.07) is 3.41. The van der Waals surface area contributed by atoms with Gasteiger partial charge in [0.2, 0.25) is 5.96 Å². The topological polar surface area (TPSA) is 74.2 Å². The van der Waals surface area contributed by atoms with E-state index in [4.69, 9.17) is 0 Å². The van der Waals surface area contributed by atoms with Crippen LogP contribution in [-0.4, -0.2) is 56.1 Å². The molecule has 1 N–H and O–H groups in total. The summed E-state index contributed by atoms with van der Waals surface area (Å²) in [5, 5.41) is 2.31. The number of nitrogens with zero attached hydrogens (tertiary/aromatic N) is 3. The summed E-state index contributed by atoms with van der Waals surface area (Å²) in [5.74, 6) is -0.0497. The molecule has 0 aliphatic carbocycles.